The summed E-state index contributed by atoms with van der Waals surface area (Å²) in [5.41, 5.74) is 0.641. The van der Waals surface area contributed by atoms with Crippen LogP contribution in [0.5, 0.6) is 0 Å². The van der Waals surface area contributed by atoms with Gasteiger partial charge in [0.1, 0.15) is 5.82 Å². The van der Waals surface area contributed by atoms with Crippen molar-refractivity contribution >= 4 is 0 Å². The highest BCUT2D eigenvalue weighted by atomic mass is 19.1. The van der Waals surface area contributed by atoms with Crippen LogP contribution < -0.4 is 5.32 Å². The zero-order valence-electron chi connectivity index (χ0n) is 7.87. The van der Waals surface area contributed by atoms with Crippen molar-refractivity contribution in [2.24, 2.45) is 0 Å². The lowest BCUT2D eigenvalue weighted by molar-refractivity contribution is 0.130. The highest BCUT2D eigenvalue weighted by Gasteiger charge is 2.17. The van der Waals surface area contributed by atoms with Gasteiger partial charge in [0.2, 0.25) is 0 Å². The Bertz CT molecular complexity index is 298. The van der Waals surface area contributed by atoms with Crippen molar-refractivity contribution in [3.05, 3.63) is 29.8 Å². The van der Waals surface area contributed by atoms with Gasteiger partial charge in [0.15, 0.2) is 0 Å². The number of rotatable bonds is 1. The van der Waals surface area contributed by atoms with E-state index in [1.54, 1.807) is 12.3 Å². The Hall–Kier alpha value is -1.00. The molecule has 0 bridgehead atoms. The first-order chi connectivity index (χ1) is 6.88. The zero-order valence-corrected chi connectivity index (χ0v) is 7.87. The number of hydrogen-bond acceptors (Lipinski definition) is 3. The molecule has 4 heteroatoms. The summed E-state index contributed by atoms with van der Waals surface area (Å²) in [6.07, 6.45) is 3.82. The lowest BCUT2D eigenvalue weighted by Crippen LogP contribution is -2.24. The molecular formula is C10H13FN2O. The van der Waals surface area contributed by atoms with Crippen molar-refractivity contribution in [3.8, 4) is 0 Å². The molecule has 1 unspecified atom stereocenters. The van der Waals surface area contributed by atoms with E-state index in [1.807, 2.05) is 0 Å². The van der Waals surface area contributed by atoms with E-state index in [2.05, 4.69) is 10.3 Å². The number of aromatic nitrogens is 1. The number of hydrogen-bond donors (Lipinski definition) is 1. The first-order valence-corrected chi connectivity index (χ1v) is 4.78. The topological polar surface area (TPSA) is 34.1 Å². The minimum absolute atomic E-state index is 0.0412. The Balaban J connectivity index is 2.16. The minimum atomic E-state index is -0.268. The molecule has 76 valence electrons. The van der Waals surface area contributed by atoms with Gasteiger partial charge in [-0.25, -0.2) is 4.39 Å². The molecule has 1 atom stereocenters. The van der Waals surface area contributed by atoms with Crippen LogP contribution in [0.1, 0.15) is 18.0 Å². The van der Waals surface area contributed by atoms with Crippen LogP contribution in [0.15, 0.2) is 18.5 Å². The van der Waals surface area contributed by atoms with Gasteiger partial charge in [-0.3, -0.25) is 4.98 Å². The molecule has 0 spiro atoms. The Labute approximate surface area is 82.3 Å². The van der Waals surface area contributed by atoms with Crippen LogP contribution in [0.25, 0.3) is 0 Å². The predicted octanol–water partition coefficient (Wildman–Crippen LogP) is 1.27. The van der Waals surface area contributed by atoms with Gasteiger partial charge < -0.3 is 10.1 Å². The van der Waals surface area contributed by atoms with Gasteiger partial charge in [0.05, 0.1) is 18.8 Å². The van der Waals surface area contributed by atoms with Crippen molar-refractivity contribution in [1.29, 1.82) is 0 Å². The van der Waals surface area contributed by atoms with Gasteiger partial charge in [-0.05, 0) is 19.0 Å². The van der Waals surface area contributed by atoms with Crippen molar-refractivity contribution in [1.82, 2.24) is 10.3 Å². The predicted molar refractivity (Wildman–Crippen MR) is 50.4 cm³/mol. The van der Waals surface area contributed by atoms with Crippen LogP contribution in [0, 0.1) is 5.82 Å². The number of nitrogens with zero attached hydrogens (tertiary/aromatic N) is 1. The summed E-state index contributed by atoms with van der Waals surface area (Å²) >= 11 is 0. The largest absolute Gasteiger partial charge is 0.379 e. The lowest BCUT2D eigenvalue weighted by Gasteiger charge is -2.15. The maximum Gasteiger partial charge on any atom is 0.146 e. The Morgan fingerprint density at radius 3 is 3.36 bits per heavy atom. The molecule has 0 aromatic carbocycles. The molecule has 1 aromatic rings. The molecule has 1 aliphatic heterocycles. The Morgan fingerprint density at radius 1 is 1.57 bits per heavy atom. The molecule has 1 fully saturated rings. The molecule has 2 heterocycles. The Morgan fingerprint density at radius 2 is 2.50 bits per heavy atom. The molecule has 0 aliphatic carbocycles. The molecule has 1 saturated heterocycles. The molecule has 3 nitrogen and oxygen atoms in total. The van der Waals surface area contributed by atoms with Crippen LogP contribution in [0.2, 0.25) is 0 Å². The van der Waals surface area contributed by atoms with Gasteiger partial charge in [-0.15, -0.1) is 0 Å². The number of halogens is 1. The average molecular weight is 196 g/mol. The quantitative estimate of drug-likeness (QED) is 0.734. The smallest absolute Gasteiger partial charge is 0.146 e. The van der Waals surface area contributed by atoms with E-state index in [4.69, 9.17) is 4.74 Å². The fraction of sp³-hybridized carbons (Fsp3) is 0.500. The second kappa shape index (κ2) is 4.48. The molecular weight excluding hydrogens is 183 g/mol. The third kappa shape index (κ3) is 2.08. The normalized spacial score (nSPS) is 23.1. The van der Waals surface area contributed by atoms with E-state index < -0.39 is 0 Å². The summed E-state index contributed by atoms with van der Waals surface area (Å²) in [6.45, 7) is 2.14. The van der Waals surface area contributed by atoms with Crippen LogP contribution in [0.4, 0.5) is 4.39 Å². The summed E-state index contributed by atoms with van der Waals surface area (Å²) < 4.78 is 18.7. The summed E-state index contributed by atoms with van der Waals surface area (Å²) in [5, 5.41) is 3.25. The van der Waals surface area contributed by atoms with Crippen LogP contribution >= 0.6 is 0 Å². The second-order valence-electron chi connectivity index (χ2n) is 3.33. The number of nitrogens with one attached hydrogen (secondary N) is 1. The summed E-state index contributed by atoms with van der Waals surface area (Å²) in [5.74, 6) is -0.268. The SMILES string of the molecule is Fc1cnccc1C1COCCCN1. The van der Waals surface area contributed by atoms with Crippen LogP contribution in [-0.4, -0.2) is 24.7 Å². The van der Waals surface area contributed by atoms with Gasteiger partial charge in [0, 0.05) is 18.4 Å². The molecule has 1 aromatic heterocycles. The van der Waals surface area contributed by atoms with E-state index in [1.165, 1.54) is 6.20 Å². The van der Waals surface area contributed by atoms with Crippen molar-refractivity contribution < 1.29 is 9.13 Å². The van der Waals surface area contributed by atoms with Crippen molar-refractivity contribution in [3.63, 3.8) is 0 Å². The van der Waals surface area contributed by atoms with Gasteiger partial charge >= 0.3 is 0 Å². The summed E-state index contributed by atoms with van der Waals surface area (Å²) in [6, 6.07) is 1.65. The lowest BCUT2D eigenvalue weighted by atomic mass is 10.1. The minimum Gasteiger partial charge on any atom is -0.379 e. The van der Waals surface area contributed by atoms with Gasteiger partial charge in [-0.2, -0.15) is 0 Å². The highest BCUT2D eigenvalue weighted by molar-refractivity contribution is 5.17. The van der Waals surface area contributed by atoms with E-state index in [-0.39, 0.29) is 11.9 Å². The highest BCUT2D eigenvalue weighted by Crippen LogP contribution is 2.17. The molecule has 1 N–H and O–H groups in total. The standard InChI is InChI=1S/C10H13FN2O/c11-9-6-12-4-2-8(9)10-7-14-5-1-3-13-10/h2,4,6,10,13H,1,3,5,7H2. The molecule has 0 saturated carbocycles. The van der Waals surface area contributed by atoms with Crippen LogP contribution in [0.3, 0.4) is 0 Å². The first-order valence-electron chi connectivity index (χ1n) is 4.78. The maximum atomic E-state index is 13.3. The molecule has 2 rings (SSSR count). The van der Waals surface area contributed by atoms with Crippen molar-refractivity contribution in [2.45, 2.75) is 12.5 Å². The van der Waals surface area contributed by atoms with E-state index in [0.717, 1.165) is 19.6 Å². The maximum absolute atomic E-state index is 13.3. The van der Waals surface area contributed by atoms with Crippen LogP contribution in [-0.2, 0) is 4.74 Å². The van der Waals surface area contributed by atoms with E-state index in [0.29, 0.717) is 12.2 Å². The molecule has 14 heavy (non-hydrogen) atoms. The summed E-state index contributed by atoms with van der Waals surface area (Å²) in [7, 11) is 0. The Kier molecular flexibility index (Phi) is 3.06. The first kappa shape index (κ1) is 9.55. The second-order valence-corrected chi connectivity index (χ2v) is 3.33. The summed E-state index contributed by atoms with van der Waals surface area (Å²) in [4.78, 5) is 3.72. The monoisotopic (exact) mass is 196 g/mol. The number of pyridine rings is 1. The third-order valence-corrected chi connectivity index (χ3v) is 2.32. The van der Waals surface area contributed by atoms with Gasteiger partial charge in [-0.1, -0.05) is 0 Å². The van der Waals surface area contributed by atoms with Gasteiger partial charge in [0.25, 0.3) is 0 Å². The van der Waals surface area contributed by atoms with Crippen molar-refractivity contribution in [2.75, 3.05) is 19.8 Å². The molecule has 1 aliphatic rings. The van der Waals surface area contributed by atoms with E-state index >= 15 is 0 Å². The molecule has 0 radical (unpaired) electrons. The fourth-order valence-corrected chi connectivity index (χ4v) is 1.58. The zero-order chi connectivity index (χ0) is 9.80. The fourth-order valence-electron chi connectivity index (χ4n) is 1.58. The molecule has 0 amide bonds. The average Bonchev–Trinajstić information content (AvgIpc) is 2.47. The van der Waals surface area contributed by atoms with E-state index in [9.17, 15) is 4.39 Å². The third-order valence-electron chi connectivity index (χ3n) is 2.32. The number of ether oxygens (including phenoxy) is 1.